The van der Waals surface area contributed by atoms with Crippen LogP contribution in [0.5, 0.6) is 0 Å². The van der Waals surface area contributed by atoms with Crippen molar-refractivity contribution in [2.24, 2.45) is 0 Å². The van der Waals surface area contributed by atoms with Crippen LogP contribution in [0.25, 0.3) is 16.9 Å². The van der Waals surface area contributed by atoms with Crippen LogP contribution in [0, 0.1) is 13.8 Å². The fourth-order valence-corrected chi connectivity index (χ4v) is 2.17. The number of benzene rings is 1. The molecule has 0 bridgehead atoms. The summed E-state index contributed by atoms with van der Waals surface area (Å²) in [4.78, 5) is 22.4. The minimum absolute atomic E-state index is 0.0556. The van der Waals surface area contributed by atoms with Crippen molar-refractivity contribution in [3.63, 3.8) is 0 Å². The first kappa shape index (κ1) is 11.9. The first-order valence-corrected chi connectivity index (χ1v) is 6.13. The first-order valence-electron chi connectivity index (χ1n) is 5.76. The average molecular weight is 275 g/mol. The Balaban J connectivity index is 2.35. The summed E-state index contributed by atoms with van der Waals surface area (Å²) in [6, 6.07) is 4.01. The smallest absolute Gasteiger partial charge is 0.271 e. The fourth-order valence-electron chi connectivity index (χ4n) is 1.97. The molecule has 6 heteroatoms. The maximum absolute atomic E-state index is 11.5. The molecule has 0 atom stereocenters. The Labute approximate surface area is 113 Å². The van der Waals surface area contributed by atoms with Gasteiger partial charge in [-0.15, -0.1) is 0 Å². The van der Waals surface area contributed by atoms with Gasteiger partial charge in [0, 0.05) is 0 Å². The molecule has 2 heterocycles. The van der Waals surface area contributed by atoms with Gasteiger partial charge in [0.25, 0.3) is 5.56 Å². The number of halogens is 1. The Hall–Kier alpha value is -2.14. The van der Waals surface area contributed by atoms with E-state index in [1.54, 1.807) is 10.9 Å². The predicted molar refractivity (Wildman–Crippen MR) is 74.0 cm³/mol. The number of imidazole rings is 1. The summed E-state index contributed by atoms with van der Waals surface area (Å²) in [5, 5.41) is 0.0556. The summed E-state index contributed by atoms with van der Waals surface area (Å²) in [6.07, 6.45) is 2.95. The highest BCUT2D eigenvalue weighted by molar-refractivity contribution is 6.32. The number of aryl methyl sites for hydroxylation is 2. The molecule has 0 saturated heterocycles. The first-order chi connectivity index (χ1) is 9.08. The standard InChI is InChI=1S/C13H11ClN4O/c1-7-3-9-10(4-8(7)2)18(6-17-9)12-11(14)13(19)16-5-15-12/h3-6H,1-2H3,(H,15,16,19). The highest BCUT2D eigenvalue weighted by atomic mass is 35.5. The minimum atomic E-state index is -0.364. The Kier molecular flexibility index (Phi) is 2.64. The lowest BCUT2D eigenvalue weighted by Crippen LogP contribution is -2.11. The van der Waals surface area contributed by atoms with Gasteiger partial charge in [-0.2, -0.15) is 0 Å². The summed E-state index contributed by atoms with van der Waals surface area (Å²) >= 11 is 6.00. The molecule has 19 heavy (non-hydrogen) atoms. The number of aromatic nitrogens is 4. The third-order valence-electron chi connectivity index (χ3n) is 3.17. The minimum Gasteiger partial charge on any atom is -0.312 e. The number of hydrogen-bond acceptors (Lipinski definition) is 3. The largest absolute Gasteiger partial charge is 0.312 e. The van der Waals surface area contributed by atoms with Gasteiger partial charge in [0.2, 0.25) is 0 Å². The number of H-pyrrole nitrogens is 1. The summed E-state index contributed by atoms with van der Waals surface area (Å²) < 4.78 is 1.72. The Morgan fingerprint density at radius 2 is 1.95 bits per heavy atom. The molecule has 96 valence electrons. The van der Waals surface area contributed by atoms with Crippen LogP contribution in [0.4, 0.5) is 0 Å². The molecule has 1 N–H and O–H groups in total. The summed E-state index contributed by atoms with van der Waals surface area (Å²) in [5.41, 5.74) is 3.68. The monoisotopic (exact) mass is 274 g/mol. The molecule has 0 radical (unpaired) electrons. The summed E-state index contributed by atoms with van der Waals surface area (Å²) in [6.45, 7) is 4.06. The number of nitrogens with zero attached hydrogens (tertiary/aromatic N) is 3. The normalized spacial score (nSPS) is 11.1. The molecule has 0 spiro atoms. The molecule has 0 saturated carbocycles. The van der Waals surface area contributed by atoms with Crippen molar-refractivity contribution in [3.8, 4) is 5.82 Å². The van der Waals surface area contributed by atoms with Gasteiger partial charge in [0.15, 0.2) is 5.82 Å². The van der Waals surface area contributed by atoms with Crippen LogP contribution >= 0.6 is 11.6 Å². The van der Waals surface area contributed by atoms with E-state index in [2.05, 4.69) is 15.0 Å². The maximum atomic E-state index is 11.5. The van der Waals surface area contributed by atoms with Crippen LogP contribution < -0.4 is 5.56 Å². The second kappa shape index (κ2) is 4.20. The van der Waals surface area contributed by atoms with Crippen molar-refractivity contribution < 1.29 is 0 Å². The van der Waals surface area contributed by atoms with Crippen molar-refractivity contribution in [3.05, 3.63) is 51.3 Å². The molecule has 3 rings (SSSR count). The molecular weight excluding hydrogens is 264 g/mol. The van der Waals surface area contributed by atoms with Gasteiger partial charge >= 0.3 is 0 Å². The van der Waals surface area contributed by atoms with E-state index in [1.807, 2.05) is 26.0 Å². The van der Waals surface area contributed by atoms with Crippen LogP contribution in [0.1, 0.15) is 11.1 Å². The SMILES string of the molecule is Cc1cc2ncn(-c3nc[nH]c(=O)c3Cl)c2cc1C. The lowest BCUT2D eigenvalue weighted by atomic mass is 10.1. The van der Waals surface area contributed by atoms with Gasteiger partial charge in [0.05, 0.1) is 17.4 Å². The predicted octanol–water partition coefficient (Wildman–Crippen LogP) is 2.38. The van der Waals surface area contributed by atoms with E-state index in [1.165, 1.54) is 11.9 Å². The molecule has 0 amide bonds. The molecule has 5 nitrogen and oxygen atoms in total. The zero-order valence-electron chi connectivity index (χ0n) is 10.4. The molecule has 2 aromatic heterocycles. The zero-order chi connectivity index (χ0) is 13.6. The van der Waals surface area contributed by atoms with Gasteiger partial charge in [-0.05, 0) is 37.1 Å². The quantitative estimate of drug-likeness (QED) is 0.741. The number of nitrogens with one attached hydrogen (secondary N) is 1. The van der Waals surface area contributed by atoms with Crippen molar-refractivity contribution in [1.29, 1.82) is 0 Å². The van der Waals surface area contributed by atoms with Gasteiger partial charge in [-0.3, -0.25) is 9.36 Å². The Bertz CT molecular complexity index is 834. The van der Waals surface area contributed by atoms with Crippen molar-refractivity contribution in [2.45, 2.75) is 13.8 Å². The van der Waals surface area contributed by atoms with Crippen molar-refractivity contribution >= 4 is 22.6 Å². The second-order valence-electron chi connectivity index (χ2n) is 4.41. The second-order valence-corrected chi connectivity index (χ2v) is 4.79. The van der Waals surface area contributed by atoms with E-state index in [-0.39, 0.29) is 10.6 Å². The zero-order valence-corrected chi connectivity index (χ0v) is 11.2. The lowest BCUT2D eigenvalue weighted by Gasteiger charge is -2.06. The molecule has 0 aliphatic carbocycles. The van der Waals surface area contributed by atoms with Gasteiger partial charge in [-0.1, -0.05) is 11.6 Å². The highest BCUT2D eigenvalue weighted by Gasteiger charge is 2.12. The lowest BCUT2D eigenvalue weighted by molar-refractivity contribution is 0.980. The van der Waals surface area contributed by atoms with E-state index in [9.17, 15) is 4.79 Å². The van der Waals surface area contributed by atoms with E-state index < -0.39 is 0 Å². The molecule has 0 aliphatic rings. The van der Waals surface area contributed by atoms with Crippen molar-refractivity contribution in [2.75, 3.05) is 0 Å². The van der Waals surface area contributed by atoms with Crippen LogP contribution in [0.15, 0.2) is 29.6 Å². The number of rotatable bonds is 1. The summed E-state index contributed by atoms with van der Waals surface area (Å²) in [5.74, 6) is 0.385. The molecule has 1 aromatic carbocycles. The maximum Gasteiger partial charge on any atom is 0.271 e. The number of fused-ring (bicyclic) bond motifs is 1. The van der Waals surface area contributed by atoms with E-state index in [0.29, 0.717) is 5.82 Å². The molecule has 0 unspecified atom stereocenters. The highest BCUT2D eigenvalue weighted by Crippen LogP contribution is 2.22. The van der Waals surface area contributed by atoms with Crippen LogP contribution in [0.3, 0.4) is 0 Å². The van der Waals surface area contributed by atoms with Crippen LogP contribution in [0.2, 0.25) is 5.02 Å². The molecule has 3 aromatic rings. The molecule has 0 fully saturated rings. The van der Waals surface area contributed by atoms with Crippen LogP contribution in [-0.4, -0.2) is 19.5 Å². The summed E-state index contributed by atoms with van der Waals surface area (Å²) in [7, 11) is 0. The van der Waals surface area contributed by atoms with Gasteiger partial charge in [0.1, 0.15) is 11.3 Å². The van der Waals surface area contributed by atoms with E-state index in [4.69, 9.17) is 11.6 Å². The Morgan fingerprint density at radius 1 is 1.21 bits per heavy atom. The third kappa shape index (κ3) is 1.82. The van der Waals surface area contributed by atoms with Gasteiger partial charge in [-0.25, -0.2) is 9.97 Å². The molecule has 0 aliphatic heterocycles. The average Bonchev–Trinajstić information content (AvgIpc) is 2.76. The third-order valence-corrected chi connectivity index (χ3v) is 3.51. The number of hydrogen-bond donors (Lipinski definition) is 1. The number of aromatic amines is 1. The molecular formula is C13H11ClN4O. The van der Waals surface area contributed by atoms with Crippen LogP contribution in [-0.2, 0) is 0 Å². The van der Waals surface area contributed by atoms with Crippen molar-refractivity contribution in [1.82, 2.24) is 19.5 Å². The Morgan fingerprint density at radius 3 is 2.74 bits per heavy atom. The van der Waals surface area contributed by atoms with E-state index >= 15 is 0 Å². The van der Waals surface area contributed by atoms with E-state index in [0.717, 1.165) is 16.6 Å². The topological polar surface area (TPSA) is 63.6 Å². The van der Waals surface area contributed by atoms with Gasteiger partial charge < -0.3 is 4.98 Å². The fraction of sp³-hybridized carbons (Fsp3) is 0.154.